The summed E-state index contributed by atoms with van der Waals surface area (Å²) in [5.41, 5.74) is 6.46. The Morgan fingerprint density at radius 3 is 2.35 bits per heavy atom. The monoisotopic (exact) mass is 425 g/mol. The van der Waals surface area contributed by atoms with Gasteiger partial charge < -0.3 is 26.2 Å². The maximum atomic E-state index is 12.4. The van der Waals surface area contributed by atoms with Crippen LogP contribution in [0.3, 0.4) is 0 Å². The summed E-state index contributed by atoms with van der Waals surface area (Å²) in [6, 6.07) is 7.95. The molecule has 1 aromatic carbocycles. The number of carbonyl (C=O) groups excluding carboxylic acids is 2. The molecule has 31 heavy (non-hydrogen) atoms. The van der Waals surface area contributed by atoms with E-state index in [0.29, 0.717) is 13.1 Å². The molecule has 0 atom stereocenters. The van der Waals surface area contributed by atoms with E-state index >= 15 is 0 Å². The molecule has 1 saturated carbocycles. The minimum Gasteiger partial charge on any atom is -0.368 e. The molecule has 0 bridgehead atoms. The van der Waals surface area contributed by atoms with E-state index < -0.39 is 11.5 Å². The molecule has 2 aromatic rings. The number of nitrogens with two attached hydrogens (primary N) is 1. The molecule has 164 valence electrons. The number of amides is 2. The molecule has 10 heteroatoms. The highest BCUT2D eigenvalue weighted by Crippen LogP contribution is 2.25. The molecule has 10 nitrogen and oxygen atoms in total. The average molecular weight is 425 g/mol. The van der Waals surface area contributed by atoms with Gasteiger partial charge in [0.2, 0.25) is 11.9 Å². The van der Waals surface area contributed by atoms with Crippen molar-refractivity contribution in [3.05, 3.63) is 40.2 Å². The zero-order valence-electron chi connectivity index (χ0n) is 17.5. The third-order valence-corrected chi connectivity index (χ3v) is 5.83. The highest BCUT2D eigenvalue weighted by atomic mass is 16.2. The Balaban J connectivity index is 1.47. The first kappa shape index (κ1) is 20.7. The maximum absolute atomic E-state index is 12.4. The number of hydrogen-bond acceptors (Lipinski definition) is 7. The summed E-state index contributed by atoms with van der Waals surface area (Å²) >= 11 is 0. The normalized spacial score (nSPS) is 16.5. The van der Waals surface area contributed by atoms with Gasteiger partial charge >= 0.3 is 0 Å². The Morgan fingerprint density at radius 2 is 1.81 bits per heavy atom. The number of benzene rings is 1. The molecule has 0 unspecified atom stereocenters. The highest BCUT2D eigenvalue weighted by molar-refractivity contribution is 5.97. The van der Waals surface area contributed by atoms with Crippen LogP contribution in [0, 0.1) is 0 Å². The first-order chi connectivity index (χ1) is 14.9. The molecule has 4 rings (SSSR count). The van der Waals surface area contributed by atoms with Crippen LogP contribution in [0.25, 0.3) is 0 Å². The average Bonchev–Trinajstić information content (AvgIpc) is 2.71. The van der Waals surface area contributed by atoms with E-state index in [2.05, 4.69) is 25.5 Å². The first-order valence-electron chi connectivity index (χ1n) is 10.5. The number of nitrogens with one attached hydrogen (secondary N) is 3. The second kappa shape index (κ2) is 8.66. The van der Waals surface area contributed by atoms with Gasteiger partial charge in [0.1, 0.15) is 11.4 Å². The van der Waals surface area contributed by atoms with Gasteiger partial charge in [-0.25, -0.2) is 0 Å². The molecule has 1 aromatic heterocycles. The van der Waals surface area contributed by atoms with Gasteiger partial charge in [0, 0.05) is 50.5 Å². The molecule has 2 fully saturated rings. The Hall–Kier alpha value is -3.56. The van der Waals surface area contributed by atoms with Crippen LogP contribution in [0.5, 0.6) is 0 Å². The fourth-order valence-electron chi connectivity index (χ4n) is 3.78. The van der Waals surface area contributed by atoms with Gasteiger partial charge in [0.25, 0.3) is 11.5 Å². The summed E-state index contributed by atoms with van der Waals surface area (Å²) in [6.45, 7) is 4.59. The van der Waals surface area contributed by atoms with Crippen molar-refractivity contribution >= 4 is 35.0 Å². The van der Waals surface area contributed by atoms with Gasteiger partial charge in [-0.3, -0.25) is 19.4 Å². The SMILES string of the molecule is CC(=O)N1CCN(c2ccc(Nc3nc(NC4CCC4)c(C(N)=O)c(=O)[nH]3)cc2)CC1. The third kappa shape index (κ3) is 4.62. The van der Waals surface area contributed by atoms with Crippen LogP contribution in [0.2, 0.25) is 0 Å². The minimum absolute atomic E-state index is 0.106. The topological polar surface area (TPSA) is 136 Å². The van der Waals surface area contributed by atoms with Crippen LogP contribution in [0.15, 0.2) is 29.1 Å². The molecule has 1 saturated heterocycles. The molecule has 2 aliphatic rings. The van der Waals surface area contributed by atoms with E-state index in [4.69, 9.17) is 5.73 Å². The number of nitrogens with zero attached hydrogens (tertiary/aromatic N) is 3. The Morgan fingerprint density at radius 1 is 1.13 bits per heavy atom. The first-order valence-corrected chi connectivity index (χ1v) is 10.5. The predicted molar refractivity (Wildman–Crippen MR) is 119 cm³/mol. The quantitative estimate of drug-likeness (QED) is 0.547. The molecular weight excluding hydrogens is 398 g/mol. The van der Waals surface area contributed by atoms with Crippen LogP contribution in [-0.2, 0) is 4.79 Å². The van der Waals surface area contributed by atoms with Gasteiger partial charge in [-0.2, -0.15) is 4.98 Å². The van der Waals surface area contributed by atoms with Gasteiger partial charge in [0.05, 0.1) is 0 Å². The number of piperazine rings is 1. The summed E-state index contributed by atoms with van der Waals surface area (Å²) in [4.78, 5) is 46.6. The lowest BCUT2D eigenvalue weighted by Gasteiger charge is -2.35. The molecule has 1 aliphatic carbocycles. The summed E-state index contributed by atoms with van der Waals surface area (Å²) in [5.74, 6) is -0.256. The van der Waals surface area contributed by atoms with E-state index in [1.165, 1.54) is 0 Å². The van der Waals surface area contributed by atoms with E-state index in [1.54, 1.807) is 6.92 Å². The Labute approximate surface area is 179 Å². The Kier molecular flexibility index (Phi) is 5.79. The van der Waals surface area contributed by atoms with Crippen LogP contribution in [-0.4, -0.2) is 58.9 Å². The summed E-state index contributed by atoms with van der Waals surface area (Å²) in [5, 5.41) is 6.23. The molecular formula is C21H27N7O3. The smallest absolute Gasteiger partial charge is 0.267 e. The molecule has 2 heterocycles. The molecule has 1 aliphatic heterocycles. The number of primary amides is 1. The molecule has 0 radical (unpaired) electrons. The maximum Gasteiger partial charge on any atom is 0.267 e. The van der Waals surface area contributed by atoms with Crippen LogP contribution < -0.4 is 26.8 Å². The van der Waals surface area contributed by atoms with E-state index in [0.717, 1.165) is 43.7 Å². The number of aromatic nitrogens is 2. The number of hydrogen-bond donors (Lipinski definition) is 4. The largest absolute Gasteiger partial charge is 0.368 e. The molecule has 0 spiro atoms. The van der Waals surface area contributed by atoms with Crippen LogP contribution >= 0.6 is 0 Å². The van der Waals surface area contributed by atoms with Crippen LogP contribution in [0.4, 0.5) is 23.1 Å². The van der Waals surface area contributed by atoms with E-state index in [1.807, 2.05) is 29.2 Å². The fraction of sp³-hybridized carbons (Fsp3) is 0.429. The lowest BCUT2D eigenvalue weighted by molar-refractivity contribution is -0.129. The third-order valence-electron chi connectivity index (χ3n) is 5.83. The van der Waals surface area contributed by atoms with Gasteiger partial charge in [-0.1, -0.05) is 0 Å². The standard InChI is InChI=1S/C21H27N7O3/c1-13(29)27-9-11-28(12-10-27)16-7-5-15(6-8-16)24-21-25-19(23-14-3-2-4-14)17(18(22)30)20(31)26-21/h5-8,14H,2-4,9-12H2,1H3,(H2,22,30)(H3,23,24,25,26,31). The predicted octanol–water partition coefficient (Wildman–Crippen LogP) is 1.25. The van der Waals surface area contributed by atoms with Crippen molar-refractivity contribution in [1.29, 1.82) is 0 Å². The van der Waals surface area contributed by atoms with Crippen molar-refractivity contribution in [3.63, 3.8) is 0 Å². The van der Waals surface area contributed by atoms with Crippen molar-refractivity contribution in [1.82, 2.24) is 14.9 Å². The van der Waals surface area contributed by atoms with Crippen LogP contribution in [0.1, 0.15) is 36.5 Å². The van der Waals surface area contributed by atoms with E-state index in [9.17, 15) is 14.4 Å². The Bertz CT molecular complexity index is 1020. The van der Waals surface area contributed by atoms with E-state index in [-0.39, 0.29) is 29.3 Å². The van der Waals surface area contributed by atoms with Gasteiger partial charge in [0.15, 0.2) is 0 Å². The zero-order chi connectivity index (χ0) is 22.0. The number of rotatable bonds is 6. The number of carbonyl (C=O) groups is 2. The second-order valence-corrected chi connectivity index (χ2v) is 7.94. The zero-order valence-corrected chi connectivity index (χ0v) is 17.5. The summed E-state index contributed by atoms with van der Waals surface area (Å²) in [6.07, 6.45) is 3.04. The highest BCUT2D eigenvalue weighted by Gasteiger charge is 2.23. The van der Waals surface area contributed by atoms with Crippen molar-refractivity contribution in [2.75, 3.05) is 41.7 Å². The summed E-state index contributed by atoms with van der Waals surface area (Å²) in [7, 11) is 0. The molecule has 2 amide bonds. The van der Waals surface area contributed by atoms with Crippen molar-refractivity contribution < 1.29 is 9.59 Å². The van der Waals surface area contributed by atoms with Crippen molar-refractivity contribution in [2.45, 2.75) is 32.2 Å². The minimum atomic E-state index is -0.809. The van der Waals surface area contributed by atoms with Gasteiger partial charge in [-0.05, 0) is 43.5 Å². The van der Waals surface area contributed by atoms with Crippen molar-refractivity contribution in [3.8, 4) is 0 Å². The number of aromatic amines is 1. The fourth-order valence-corrected chi connectivity index (χ4v) is 3.78. The lowest BCUT2D eigenvalue weighted by Crippen LogP contribution is -2.48. The second-order valence-electron chi connectivity index (χ2n) is 7.94. The number of H-pyrrole nitrogens is 1. The summed E-state index contributed by atoms with van der Waals surface area (Å²) < 4.78 is 0. The lowest BCUT2D eigenvalue weighted by atomic mass is 9.93. The van der Waals surface area contributed by atoms with Crippen molar-refractivity contribution in [2.24, 2.45) is 5.73 Å². The molecule has 5 N–H and O–H groups in total. The van der Waals surface area contributed by atoms with Gasteiger partial charge in [-0.15, -0.1) is 0 Å². The number of anilines is 4.